The molecule has 0 radical (unpaired) electrons. The minimum atomic E-state index is 0.240. The molecule has 1 saturated heterocycles. The zero-order valence-corrected chi connectivity index (χ0v) is 20.8. The fraction of sp³-hybridized carbons (Fsp3) is 0.500. The second-order valence-corrected chi connectivity index (χ2v) is 11.0. The van der Waals surface area contributed by atoms with Gasteiger partial charge in [-0.15, -0.1) is 0 Å². The molecule has 32 heavy (non-hydrogen) atoms. The number of carbonyl (C=O) groups is 1. The van der Waals surface area contributed by atoms with Crippen molar-refractivity contribution in [3.05, 3.63) is 64.2 Å². The first-order valence-corrected chi connectivity index (χ1v) is 12.4. The Hall–Kier alpha value is -2.02. The molecule has 2 heterocycles. The number of piperazine rings is 1. The maximum Gasteiger partial charge on any atom is 0.227 e. The highest BCUT2D eigenvalue weighted by molar-refractivity contribution is 7.94. The van der Waals surface area contributed by atoms with Crippen LogP contribution in [0.2, 0.25) is 0 Å². The number of fused-ring (bicyclic) bond motifs is 1. The number of benzene rings is 2. The molecule has 1 amide bonds. The molecule has 2 aliphatic rings. The van der Waals surface area contributed by atoms with Crippen LogP contribution >= 0.6 is 12.1 Å². The van der Waals surface area contributed by atoms with Crippen molar-refractivity contribution in [2.24, 2.45) is 0 Å². The number of rotatable bonds is 5. The Morgan fingerprint density at radius 3 is 2.41 bits per heavy atom. The molecule has 2 aliphatic heterocycles. The third-order valence-corrected chi connectivity index (χ3v) is 7.36. The van der Waals surface area contributed by atoms with Crippen molar-refractivity contribution < 1.29 is 4.79 Å². The van der Waals surface area contributed by atoms with Crippen molar-refractivity contribution in [2.75, 3.05) is 45.6 Å². The normalized spacial score (nSPS) is 21.4. The summed E-state index contributed by atoms with van der Waals surface area (Å²) >= 11 is 1.73. The second kappa shape index (κ2) is 9.86. The van der Waals surface area contributed by atoms with E-state index in [1.807, 2.05) is 4.90 Å². The molecule has 1 unspecified atom stereocenters. The summed E-state index contributed by atoms with van der Waals surface area (Å²) in [6.07, 6.45) is 1.56. The molecule has 4 rings (SSSR count). The van der Waals surface area contributed by atoms with E-state index in [1.54, 1.807) is 12.1 Å². The number of hydrogen-bond acceptors (Lipinski definition) is 5. The van der Waals surface area contributed by atoms with Gasteiger partial charge in [-0.2, -0.15) is 0 Å². The van der Waals surface area contributed by atoms with Crippen LogP contribution in [0.25, 0.3) is 0 Å². The lowest BCUT2D eigenvalue weighted by Crippen LogP contribution is -2.47. The molecule has 0 bridgehead atoms. The molecule has 0 saturated carbocycles. The Labute approximate surface area is 197 Å². The van der Waals surface area contributed by atoms with Gasteiger partial charge in [0.1, 0.15) is 0 Å². The lowest BCUT2D eigenvalue weighted by Gasteiger charge is -2.35. The average molecular weight is 453 g/mol. The molecule has 1 fully saturated rings. The van der Waals surface area contributed by atoms with E-state index in [4.69, 9.17) is 0 Å². The van der Waals surface area contributed by atoms with Crippen LogP contribution in [0, 0.1) is 13.8 Å². The number of amides is 1. The summed E-state index contributed by atoms with van der Waals surface area (Å²) in [5, 5.41) is 3.76. The first-order chi connectivity index (χ1) is 15.3. The summed E-state index contributed by atoms with van der Waals surface area (Å²) in [7, 11) is 4.11. The summed E-state index contributed by atoms with van der Waals surface area (Å²) in [6, 6.07) is 13.7. The van der Waals surface area contributed by atoms with Gasteiger partial charge >= 0.3 is 0 Å². The van der Waals surface area contributed by atoms with Gasteiger partial charge < -0.3 is 10.2 Å². The largest absolute Gasteiger partial charge is 0.378 e. The van der Waals surface area contributed by atoms with Gasteiger partial charge in [0.05, 0.1) is 12.5 Å². The molecule has 0 aromatic heterocycles. The molecule has 2 aromatic rings. The summed E-state index contributed by atoms with van der Waals surface area (Å²) in [5.41, 5.74) is 7.66. The number of aryl methyl sites for hydroxylation is 2. The number of carbonyl (C=O) groups excluding carboxylic acids is 1. The third kappa shape index (κ3) is 5.48. The van der Waals surface area contributed by atoms with E-state index in [-0.39, 0.29) is 5.91 Å². The number of nitrogens with one attached hydrogen (secondary N) is 1. The number of hydrogen-bond donors (Lipinski definition) is 1. The van der Waals surface area contributed by atoms with Gasteiger partial charge in [-0.05, 0) is 63.0 Å². The van der Waals surface area contributed by atoms with Crippen LogP contribution in [-0.4, -0.2) is 59.7 Å². The van der Waals surface area contributed by atoms with E-state index < -0.39 is 0 Å². The summed E-state index contributed by atoms with van der Waals surface area (Å²) < 4.78 is 4.42. The smallest absolute Gasteiger partial charge is 0.227 e. The van der Waals surface area contributed by atoms with Crippen LogP contribution in [0.15, 0.2) is 36.4 Å². The summed E-state index contributed by atoms with van der Waals surface area (Å²) in [4.78, 5) is 14.9. The lowest BCUT2D eigenvalue weighted by atomic mass is 9.84. The highest BCUT2D eigenvalue weighted by atomic mass is 32.2. The van der Waals surface area contributed by atoms with Crippen LogP contribution in [0.3, 0.4) is 0 Å². The highest BCUT2D eigenvalue weighted by Crippen LogP contribution is 2.40. The zero-order valence-electron chi connectivity index (χ0n) is 20.0. The average Bonchev–Trinajstić information content (AvgIpc) is 2.73. The molecular weight excluding hydrogens is 416 g/mol. The first kappa shape index (κ1) is 23.1. The summed E-state index contributed by atoms with van der Waals surface area (Å²) in [6.45, 7) is 10.1. The molecule has 6 heteroatoms. The lowest BCUT2D eigenvalue weighted by molar-refractivity contribution is -0.131. The predicted molar refractivity (Wildman–Crippen MR) is 135 cm³/mol. The van der Waals surface area contributed by atoms with Crippen molar-refractivity contribution in [2.45, 2.75) is 45.6 Å². The van der Waals surface area contributed by atoms with Crippen LogP contribution in [0.4, 0.5) is 5.69 Å². The van der Waals surface area contributed by atoms with Crippen molar-refractivity contribution >= 4 is 23.7 Å². The Balaban J connectivity index is 1.40. The van der Waals surface area contributed by atoms with Gasteiger partial charge in [0.15, 0.2) is 0 Å². The Kier molecular flexibility index (Phi) is 7.13. The van der Waals surface area contributed by atoms with Crippen molar-refractivity contribution in [1.82, 2.24) is 13.5 Å². The minimum absolute atomic E-state index is 0.240. The van der Waals surface area contributed by atoms with Crippen LogP contribution in [0.1, 0.15) is 53.1 Å². The quantitative estimate of drug-likeness (QED) is 0.662. The maximum atomic E-state index is 12.9. The van der Waals surface area contributed by atoms with E-state index in [0.29, 0.717) is 18.4 Å². The monoisotopic (exact) mass is 452 g/mol. The fourth-order valence-electron chi connectivity index (χ4n) is 4.96. The van der Waals surface area contributed by atoms with Crippen LogP contribution in [-0.2, 0) is 11.2 Å². The number of nitrogens with zero attached hydrogens (tertiary/aromatic N) is 3. The fourth-order valence-corrected chi connectivity index (χ4v) is 5.74. The SMILES string of the molecule is Cc1cc(C)cc([C@@H]2CC(C)c3cc(CC(=O)N4CCN(SN(C)C)CC4)ccc3N2)c1. The predicted octanol–water partition coefficient (Wildman–Crippen LogP) is 4.78. The van der Waals surface area contributed by atoms with E-state index in [0.717, 1.165) is 38.2 Å². The standard InChI is InChI=1S/C26H36N4OS/c1-18-12-19(2)14-22(13-18)25-15-20(3)23-16-21(6-7-24(23)27-25)17-26(31)29-8-10-30(11-9-29)32-28(4)5/h6-7,12-14,16,20,25,27H,8-11,15,17H2,1-5H3/t20?,25-/m0/s1. The van der Waals surface area contributed by atoms with Gasteiger partial charge in [-0.3, -0.25) is 4.79 Å². The van der Waals surface area contributed by atoms with Crippen LogP contribution in [0.5, 0.6) is 0 Å². The summed E-state index contributed by atoms with van der Waals surface area (Å²) in [5.74, 6) is 0.697. The maximum absolute atomic E-state index is 12.9. The molecule has 2 atom stereocenters. The number of anilines is 1. The van der Waals surface area contributed by atoms with Gasteiger partial charge in [0.25, 0.3) is 0 Å². The van der Waals surface area contributed by atoms with Crippen molar-refractivity contribution in [3.8, 4) is 0 Å². The Bertz CT molecular complexity index is 948. The molecule has 0 aliphatic carbocycles. The topological polar surface area (TPSA) is 38.8 Å². The highest BCUT2D eigenvalue weighted by Gasteiger charge is 2.26. The molecule has 0 spiro atoms. The van der Waals surface area contributed by atoms with Crippen molar-refractivity contribution in [1.29, 1.82) is 0 Å². The van der Waals surface area contributed by atoms with Gasteiger partial charge in [0.2, 0.25) is 5.91 Å². The molecule has 2 aromatic carbocycles. The van der Waals surface area contributed by atoms with Gasteiger partial charge in [-0.1, -0.05) is 48.4 Å². The molecule has 1 N–H and O–H groups in total. The van der Waals surface area contributed by atoms with Gasteiger partial charge in [0, 0.05) is 44.0 Å². The van der Waals surface area contributed by atoms with Crippen LogP contribution < -0.4 is 5.32 Å². The Morgan fingerprint density at radius 1 is 1.06 bits per heavy atom. The van der Waals surface area contributed by atoms with Gasteiger partial charge in [-0.25, -0.2) is 8.61 Å². The van der Waals surface area contributed by atoms with Crippen molar-refractivity contribution in [3.63, 3.8) is 0 Å². The minimum Gasteiger partial charge on any atom is -0.378 e. The molecule has 172 valence electrons. The van der Waals surface area contributed by atoms with E-state index in [9.17, 15) is 4.79 Å². The van der Waals surface area contributed by atoms with E-state index in [2.05, 4.69) is 85.2 Å². The molecular formula is C26H36N4OS. The second-order valence-electron chi connectivity index (χ2n) is 9.56. The Morgan fingerprint density at radius 2 is 1.75 bits per heavy atom. The molecule has 5 nitrogen and oxygen atoms in total. The first-order valence-electron chi connectivity index (χ1n) is 11.6. The van der Waals surface area contributed by atoms with E-state index >= 15 is 0 Å². The third-order valence-electron chi connectivity index (χ3n) is 6.44. The zero-order chi connectivity index (χ0) is 22.8. The van der Waals surface area contributed by atoms with E-state index in [1.165, 1.54) is 27.9 Å².